The number of methoxy groups -OCH3 is 1. The Morgan fingerprint density at radius 3 is 2.94 bits per heavy atom. The number of aromatic nitrogens is 3. The normalized spacial score (nSPS) is 11.5. The van der Waals surface area contributed by atoms with Crippen molar-refractivity contribution in [2.75, 3.05) is 7.11 Å². The van der Waals surface area contributed by atoms with Crippen LogP contribution < -0.4 is 4.74 Å². The number of ether oxygens (including phenoxy) is 1. The van der Waals surface area contributed by atoms with E-state index in [2.05, 4.69) is 9.97 Å². The summed E-state index contributed by atoms with van der Waals surface area (Å²) in [5.41, 5.74) is 3.09. The first-order chi connectivity index (χ1) is 15.6. The van der Waals surface area contributed by atoms with Gasteiger partial charge in [-0.1, -0.05) is 18.2 Å². The Bertz CT molecular complexity index is 1530. The number of nitrogens with one attached hydrogen (secondary N) is 1. The minimum absolute atomic E-state index is 0.147. The summed E-state index contributed by atoms with van der Waals surface area (Å²) in [6, 6.07) is 12.3. The number of benzene rings is 2. The van der Waals surface area contributed by atoms with Gasteiger partial charge in [0.05, 0.1) is 23.4 Å². The molecule has 0 spiro atoms. The van der Waals surface area contributed by atoms with Crippen LogP contribution in [0.25, 0.3) is 33.2 Å². The number of allylic oxidation sites excluding steroid dienone is 1. The molecule has 1 N–H and O–H groups in total. The molecule has 9 heteroatoms. The van der Waals surface area contributed by atoms with E-state index in [9.17, 15) is 14.9 Å². The van der Waals surface area contributed by atoms with Gasteiger partial charge in [-0.2, -0.15) is 0 Å². The molecule has 32 heavy (non-hydrogen) atoms. The van der Waals surface area contributed by atoms with Gasteiger partial charge in [0.15, 0.2) is 16.5 Å². The lowest BCUT2D eigenvalue weighted by molar-refractivity contribution is -0.385. The van der Waals surface area contributed by atoms with Gasteiger partial charge < -0.3 is 9.72 Å². The number of para-hydroxylation sites is 1. The van der Waals surface area contributed by atoms with Crippen molar-refractivity contribution < 1.29 is 14.5 Å². The lowest BCUT2D eigenvalue weighted by Gasteiger charge is -2.04. The number of hydrogen-bond acceptors (Lipinski definition) is 6. The Kier molecular flexibility index (Phi) is 4.79. The van der Waals surface area contributed by atoms with Crippen molar-refractivity contribution >= 4 is 44.7 Å². The molecule has 2 aromatic carbocycles. The fourth-order valence-electron chi connectivity index (χ4n) is 3.67. The highest BCUT2D eigenvalue weighted by Gasteiger charge is 2.20. The standard InChI is InChI=1S/C23H16N4O4S/c1-31-21-9-6-14(12-19(21)27(29)30)22-18(26-10-11-32-23(26)25-22)7-8-20(28)16-13-24-17-5-3-2-4-15(16)17/h2-13,24H,1H3. The number of nitro benzene ring substituents is 1. The zero-order chi connectivity index (χ0) is 22.2. The highest BCUT2D eigenvalue weighted by atomic mass is 32.1. The quantitative estimate of drug-likeness (QED) is 0.164. The third-order valence-electron chi connectivity index (χ3n) is 5.20. The van der Waals surface area contributed by atoms with E-state index >= 15 is 0 Å². The predicted molar refractivity (Wildman–Crippen MR) is 123 cm³/mol. The molecule has 158 valence electrons. The third kappa shape index (κ3) is 3.25. The van der Waals surface area contributed by atoms with E-state index in [4.69, 9.17) is 4.74 Å². The van der Waals surface area contributed by atoms with E-state index in [1.165, 1.54) is 30.6 Å². The fraction of sp³-hybridized carbons (Fsp3) is 0.0435. The Morgan fingerprint density at radius 2 is 2.12 bits per heavy atom. The third-order valence-corrected chi connectivity index (χ3v) is 5.95. The average Bonchev–Trinajstić information content (AvgIpc) is 3.51. The molecule has 0 aliphatic carbocycles. The van der Waals surface area contributed by atoms with Crippen molar-refractivity contribution in [3.63, 3.8) is 0 Å². The number of thiazole rings is 1. The SMILES string of the molecule is COc1ccc(-c2nc3sccn3c2C=CC(=O)c2c[nH]c3ccccc23)cc1[N+](=O)[O-]. The van der Waals surface area contributed by atoms with E-state index < -0.39 is 4.92 Å². The minimum Gasteiger partial charge on any atom is -0.490 e. The first-order valence-electron chi connectivity index (χ1n) is 9.63. The van der Waals surface area contributed by atoms with Gasteiger partial charge in [-0.3, -0.25) is 19.3 Å². The van der Waals surface area contributed by atoms with Gasteiger partial charge in [-0.15, -0.1) is 11.3 Å². The number of imidazole rings is 1. The molecule has 0 aliphatic heterocycles. The number of rotatable bonds is 6. The molecule has 0 aliphatic rings. The monoisotopic (exact) mass is 444 g/mol. The van der Waals surface area contributed by atoms with E-state index in [0.29, 0.717) is 22.5 Å². The van der Waals surface area contributed by atoms with Crippen molar-refractivity contribution in [1.82, 2.24) is 14.4 Å². The topological polar surface area (TPSA) is 103 Å². The zero-order valence-corrected chi connectivity index (χ0v) is 17.6. The van der Waals surface area contributed by atoms with Crippen LogP contribution >= 0.6 is 11.3 Å². The number of hydrogen-bond donors (Lipinski definition) is 1. The molecule has 0 saturated carbocycles. The molecule has 0 amide bonds. The Labute approximate surface area is 185 Å². The number of aromatic amines is 1. The number of ketones is 1. The van der Waals surface area contributed by atoms with Crippen LogP contribution in [0, 0.1) is 10.1 Å². The second-order valence-electron chi connectivity index (χ2n) is 6.99. The zero-order valence-electron chi connectivity index (χ0n) is 16.8. The molecular formula is C23H16N4O4S. The summed E-state index contributed by atoms with van der Waals surface area (Å²) >= 11 is 1.44. The number of fused-ring (bicyclic) bond motifs is 2. The van der Waals surface area contributed by atoms with Crippen molar-refractivity contribution in [3.8, 4) is 17.0 Å². The number of H-pyrrole nitrogens is 1. The maximum absolute atomic E-state index is 12.9. The van der Waals surface area contributed by atoms with Gasteiger partial charge in [0.1, 0.15) is 0 Å². The summed E-state index contributed by atoms with van der Waals surface area (Å²) in [5, 5.41) is 14.2. The van der Waals surface area contributed by atoms with Gasteiger partial charge in [0.2, 0.25) is 0 Å². The Balaban J connectivity index is 1.59. The summed E-state index contributed by atoms with van der Waals surface area (Å²) in [6.07, 6.45) is 6.74. The molecule has 0 saturated heterocycles. The number of carbonyl (C=O) groups is 1. The van der Waals surface area contributed by atoms with E-state index in [0.717, 1.165) is 15.9 Å². The fourth-order valence-corrected chi connectivity index (χ4v) is 4.40. The molecule has 8 nitrogen and oxygen atoms in total. The van der Waals surface area contributed by atoms with Gasteiger partial charge in [-0.25, -0.2) is 4.98 Å². The lowest BCUT2D eigenvalue weighted by Crippen LogP contribution is -1.95. The molecule has 5 aromatic rings. The van der Waals surface area contributed by atoms with Crippen LogP contribution in [0.2, 0.25) is 0 Å². The molecule has 5 rings (SSSR count). The van der Waals surface area contributed by atoms with Crippen LogP contribution in [0.4, 0.5) is 5.69 Å². The Morgan fingerprint density at radius 1 is 1.28 bits per heavy atom. The highest BCUT2D eigenvalue weighted by Crippen LogP contribution is 2.34. The summed E-state index contributed by atoms with van der Waals surface area (Å²) in [4.78, 5) is 32.4. The van der Waals surface area contributed by atoms with Crippen molar-refractivity contribution in [2.24, 2.45) is 0 Å². The molecule has 0 fully saturated rings. The largest absolute Gasteiger partial charge is 0.490 e. The van der Waals surface area contributed by atoms with Crippen molar-refractivity contribution in [2.45, 2.75) is 0 Å². The number of nitro groups is 1. The maximum Gasteiger partial charge on any atom is 0.311 e. The second kappa shape index (κ2) is 7.78. The molecule has 0 bridgehead atoms. The van der Waals surface area contributed by atoms with Gasteiger partial charge in [-0.05, 0) is 30.4 Å². The first-order valence-corrected chi connectivity index (χ1v) is 10.5. The van der Waals surface area contributed by atoms with Crippen molar-refractivity contribution in [1.29, 1.82) is 0 Å². The van der Waals surface area contributed by atoms with Gasteiger partial charge in [0.25, 0.3) is 0 Å². The van der Waals surface area contributed by atoms with Crippen LogP contribution in [-0.4, -0.2) is 32.2 Å². The molecular weight excluding hydrogens is 428 g/mol. The summed E-state index contributed by atoms with van der Waals surface area (Å²) in [5.74, 6) is 0.0191. The summed E-state index contributed by atoms with van der Waals surface area (Å²) in [7, 11) is 1.39. The lowest BCUT2D eigenvalue weighted by atomic mass is 10.1. The smallest absolute Gasteiger partial charge is 0.311 e. The van der Waals surface area contributed by atoms with Crippen LogP contribution in [0.1, 0.15) is 16.1 Å². The number of carbonyl (C=O) groups excluding carboxylic acids is 1. The molecule has 0 unspecified atom stereocenters. The van der Waals surface area contributed by atoms with E-state index in [-0.39, 0.29) is 17.2 Å². The van der Waals surface area contributed by atoms with E-state index in [1.807, 2.05) is 40.2 Å². The second-order valence-corrected chi connectivity index (χ2v) is 7.86. The summed E-state index contributed by atoms with van der Waals surface area (Å²) in [6.45, 7) is 0. The maximum atomic E-state index is 12.9. The first kappa shape index (κ1) is 19.7. The van der Waals surface area contributed by atoms with Crippen LogP contribution in [0.5, 0.6) is 5.75 Å². The highest BCUT2D eigenvalue weighted by molar-refractivity contribution is 7.15. The molecule has 0 atom stereocenters. The van der Waals surface area contributed by atoms with E-state index in [1.54, 1.807) is 24.4 Å². The van der Waals surface area contributed by atoms with Gasteiger partial charge >= 0.3 is 5.69 Å². The van der Waals surface area contributed by atoms with Crippen LogP contribution in [0.3, 0.4) is 0 Å². The molecule has 3 aromatic heterocycles. The predicted octanol–water partition coefficient (Wildman–Crippen LogP) is 5.36. The average molecular weight is 444 g/mol. The van der Waals surface area contributed by atoms with Crippen LogP contribution in [-0.2, 0) is 0 Å². The van der Waals surface area contributed by atoms with Crippen molar-refractivity contribution in [3.05, 3.63) is 87.7 Å². The summed E-state index contributed by atoms with van der Waals surface area (Å²) < 4.78 is 6.96. The minimum atomic E-state index is -0.489. The molecule has 3 heterocycles. The van der Waals surface area contributed by atoms with Crippen LogP contribution in [0.15, 0.2) is 66.3 Å². The van der Waals surface area contributed by atoms with Gasteiger partial charge in [0, 0.05) is 45.9 Å². The molecule has 0 radical (unpaired) electrons. The Hall–Kier alpha value is -4.24. The number of nitrogens with zero attached hydrogens (tertiary/aromatic N) is 3.